The van der Waals surface area contributed by atoms with Gasteiger partial charge in [0.2, 0.25) is 0 Å². The Kier molecular flexibility index (Phi) is 7.04. The minimum Gasteiger partial charge on any atom is -0.466 e. The van der Waals surface area contributed by atoms with Crippen molar-refractivity contribution in [3.63, 3.8) is 0 Å². The lowest BCUT2D eigenvalue weighted by atomic mass is 9.97. The molecule has 0 aliphatic carbocycles. The second-order valence-electron chi connectivity index (χ2n) is 7.01. The molecule has 0 spiro atoms. The highest BCUT2D eigenvalue weighted by Crippen LogP contribution is 2.29. The summed E-state index contributed by atoms with van der Waals surface area (Å²) in [6.07, 6.45) is 1.14. The molecule has 0 N–H and O–H groups in total. The minimum atomic E-state index is -0.495. The molecule has 3 rings (SSSR count). The monoisotopic (exact) mass is 415 g/mol. The Morgan fingerprint density at radius 1 is 1.07 bits per heavy atom. The number of likely N-dealkylation sites (tertiary alicyclic amines) is 1. The molecule has 1 fully saturated rings. The quantitative estimate of drug-likeness (QED) is 0.673. The lowest BCUT2D eigenvalue weighted by molar-refractivity contribution is -0.151. The van der Waals surface area contributed by atoms with E-state index in [-0.39, 0.29) is 24.4 Å². The zero-order valence-corrected chi connectivity index (χ0v) is 17.5. The minimum absolute atomic E-state index is 0.162. The van der Waals surface area contributed by atoms with Gasteiger partial charge in [-0.25, -0.2) is 4.79 Å². The van der Waals surface area contributed by atoms with E-state index in [1.807, 2.05) is 42.6 Å². The number of ether oxygens (including phenoxy) is 2. The maximum Gasteiger partial charge on any atom is 0.349 e. The molecule has 0 saturated carbocycles. The van der Waals surface area contributed by atoms with Crippen LogP contribution in [0.5, 0.6) is 0 Å². The molecule has 1 aromatic heterocycles. The maximum atomic E-state index is 12.5. The van der Waals surface area contributed by atoms with Gasteiger partial charge in [0.15, 0.2) is 6.61 Å². The summed E-state index contributed by atoms with van der Waals surface area (Å²) in [5, 5.41) is 1.84. The van der Waals surface area contributed by atoms with Gasteiger partial charge in [0.25, 0.3) is 5.91 Å². The number of carbonyl (C=O) groups is 3. The van der Waals surface area contributed by atoms with E-state index >= 15 is 0 Å². The summed E-state index contributed by atoms with van der Waals surface area (Å²) in [5.41, 5.74) is 2.89. The van der Waals surface area contributed by atoms with Gasteiger partial charge in [-0.15, -0.1) is 11.3 Å². The van der Waals surface area contributed by atoms with Gasteiger partial charge < -0.3 is 14.4 Å². The van der Waals surface area contributed by atoms with Crippen LogP contribution in [0.25, 0.3) is 11.1 Å². The van der Waals surface area contributed by atoms with E-state index in [1.165, 1.54) is 11.3 Å². The zero-order valence-electron chi connectivity index (χ0n) is 16.7. The van der Waals surface area contributed by atoms with Crippen molar-refractivity contribution < 1.29 is 23.9 Å². The maximum absolute atomic E-state index is 12.5. The fourth-order valence-corrected chi connectivity index (χ4v) is 4.14. The predicted octanol–water partition coefficient (Wildman–Crippen LogP) is 3.68. The summed E-state index contributed by atoms with van der Waals surface area (Å²) in [4.78, 5) is 38.8. The molecule has 0 bridgehead atoms. The summed E-state index contributed by atoms with van der Waals surface area (Å²) in [6, 6.07) is 9.80. The van der Waals surface area contributed by atoms with Gasteiger partial charge in [0, 0.05) is 18.7 Å². The highest BCUT2D eigenvalue weighted by atomic mass is 32.1. The van der Waals surface area contributed by atoms with E-state index in [0.29, 0.717) is 37.4 Å². The second kappa shape index (κ2) is 9.69. The molecule has 29 heavy (non-hydrogen) atoms. The molecule has 154 valence electrons. The van der Waals surface area contributed by atoms with Crippen LogP contribution >= 0.6 is 11.3 Å². The molecule has 1 saturated heterocycles. The SMILES string of the molecule is CCOC(=O)C1CCN(C(=O)COC(=O)c2sccc2-c2ccc(C)cc2)CC1. The predicted molar refractivity (Wildman–Crippen MR) is 111 cm³/mol. The number of nitrogens with zero attached hydrogens (tertiary/aromatic N) is 1. The Balaban J connectivity index is 1.53. The van der Waals surface area contributed by atoms with Crippen molar-refractivity contribution in [2.75, 3.05) is 26.3 Å². The third kappa shape index (κ3) is 5.23. The van der Waals surface area contributed by atoms with E-state index in [4.69, 9.17) is 9.47 Å². The average Bonchev–Trinajstić information content (AvgIpc) is 3.22. The van der Waals surface area contributed by atoms with E-state index in [9.17, 15) is 14.4 Å². The number of piperidine rings is 1. The van der Waals surface area contributed by atoms with Crippen molar-refractivity contribution in [1.82, 2.24) is 4.90 Å². The van der Waals surface area contributed by atoms with E-state index < -0.39 is 5.97 Å². The molecule has 1 aliphatic rings. The molecule has 0 atom stereocenters. The van der Waals surface area contributed by atoms with Gasteiger partial charge >= 0.3 is 11.9 Å². The van der Waals surface area contributed by atoms with Gasteiger partial charge in [0.1, 0.15) is 4.88 Å². The van der Waals surface area contributed by atoms with Crippen LogP contribution in [-0.2, 0) is 19.1 Å². The smallest absolute Gasteiger partial charge is 0.349 e. The largest absolute Gasteiger partial charge is 0.466 e. The van der Waals surface area contributed by atoms with Crippen LogP contribution in [-0.4, -0.2) is 49.0 Å². The molecule has 0 radical (unpaired) electrons. The summed E-state index contributed by atoms with van der Waals surface area (Å²) in [7, 11) is 0. The molecule has 1 aliphatic heterocycles. The Hall–Kier alpha value is -2.67. The third-order valence-corrected chi connectivity index (χ3v) is 5.90. The molecular weight excluding hydrogens is 390 g/mol. The number of thiophene rings is 1. The highest BCUT2D eigenvalue weighted by molar-refractivity contribution is 7.12. The highest BCUT2D eigenvalue weighted by Gasteiger charge is 2.28. The summed E-state index contributed by atoms with van der Waals surface area (Å²) in [5.74, 6) is -1.10. The number of aryl methyl sites for hydroxylation is 1. The molecule has 1 amide bonds. The Morgan fingerprint density at radius 3 is 2.41 bits per heavy atom. The number of benzene rings is 1. The molecule has 6 nitrogen and oxygen atoms in total. The lowest BCUT2D eigenvalue weighted by Gasteiger charge is -2.30. The van der Waals surface area contributed by atoms with Crippen molar-refractivity contribution in [2.24, 2.45) is 5.92 Å². The second-order valence-corrected chi connectivity index (χ2v) is 7.93. The Morgan fingerprint density at radius 2 is 1.76 bits per heavy atom. The first-order valence-electron chi connectivity index (χ1n) is 9.75. The Bertz CT molecular complexity index is 866. The normalized spacial score (nSPS) is 14.5. The van der Waals surface area contributed by atoms with Crippen LogP contribution in [0.2, 0.25) is 0 Å². The van der Waals surface area contributed by atoms with Crippen LogP contribution in [0, 0.1) is 12.8 Å². The molecule has 0 unspecified atom stereocenters. The molecular formula is C22H25NO5S. The number of carbonyl (C=O) groups excluding carboxylic acids is 3. The number of amides is 1. The van der Waals surface area contributed by atoms with Gasteiger partial charge in [0.05, 0.1) is 12.5 Å². The Labute approximate surface area is 174 Å². The van der Waals surface area contributed by atoms with E-state index in [2.05, 4.69) is 0 Å². The number of hydrogen-bond acceptors (Lipinski definition) is 6. The van der Waals surface area contributed by atoms with Crippen molar-refractivity contribution in [2.45, 2.75) is 26.7 Å². The first-order chi connectivity index (χ1) is 14.0. The summed E-state index contributed by atoms with van der Waals surface area (Å²) in [6.45, 7) is 4.78. The fourth-order valence-electron chi connectivity index (χ4n) is 3.34. The molecule has 2 aromatic rings. The third-order valence-electron chi connectivity index (χ3n) is 5.01. The summed E-state index contributed by atoms with van der Waals surface area (Å²) >= 11 is 1.30. The van der Waals surface area contributed by atoms with Crippen LogP contribution in [0.15, 0.2) is 35.7 Å². The van der Waals surface area contributed by atoms with Crippen molar-refractivity contribution in [3.05, 3.63) is 46.2 Å². The molecule has 1 aromatic carbocycles. The number of esters is 2. The molecule has 7 heteroatoms. The van der Waals surface area contributed by atoms with Gasteiger partial charge in [-0.2, -0.15) is 0 Å². The van der Waals surface area contributed by atoms with Gasteiger partial charge in [-0.05, 0) is 43.7 Å². The van der Waals surface area contributed by atoms with Crippen LogP contribution in [0.1, 0.15) is 35.0 Å². The summed E-state index contributed by atoms with van der Waals surface area (Å²) < 4.78 is 10.3. The fraction of sp³-hybridized carbons (Fsp3) is 0.409. The zero-order chi connectivity index (χ0) is 20.8. The van der Waals surface area contributed by atoms with Gasteiger partial charge in [-0.1, -0.05) is 29.8 Å². The first kappa shape index (κ1) is 21.0. The van der Waals surface area contributed by atoms with Crippen molar-refractivity contribution in [3.8, 4) is 11.1 Å². The first-order valence-corrected chi connectivity index (χ1v) is 10.6. The van der Waals surface area contributed by atoms with Crippen LogP contribution in [0.4, 0.5) is 0 Å². The number of hydrogen-bond donors (Lipinski definition) is 0. The van der Waals surface area contributed by atoms with E-state index in [1.54, 1.807) is 11.8 Å². The van der Waals surface area contributed by atoms with Crippen LogP contribution in [0.3, 0.4) is 0 Å². The topological polar surface area (TPSA) is 72.9 Å². The average molecular weight is 416 g/mol. The standard InChI is InChI=1S/C22H25NO5S/c1-3-27-21(25)17-8-11-23(12-9-17)19(24)14-28-22(26)20-18(10-13-29-20)16-6-4-15(2)5-7-16/h4-7,10,13,17H,3,8-9,11-12,14H2,1-2H3. The number of rotatable bonds is 6. The van der Waals surface area contributed by atoms with Crippen LogP contribution < -0.4 is 0 Å². The lowest BCUT2D eigenvalue weighted by Crippen LogP contribution is -2.42. The van der Waals surface area contributed by atoms with Crippen molar-refractivity contribution in [1.29, 1.82) is 0 Å². The van der Waals surface area contributed by atoms with Crippen molar-refractivity contribution >= 4 is 29.2 Å². The molecule has 2 heterocycles. The van der Waals surface area contributed by atoms with Gasteiger partial charge in [-0.3, -0.25) is 9.59 Å². The van der Waals surface area contributed by atoms with E-state index in [0.717, 1.165) is 16.7 Å².